The van der Waals surface area contributed by atoms with Crippen molar-refractivity contribution in [2.24, 2.45) is 7.05 Å². The first kappa shape index (κ1) is 15.8. The van der Waals surface area contributed by atoms with Crippen molar-refractivity contribution in [2.45, 2.75) is 13.0 Å². The van der Waals surface area contributed by atoms with Crippen LogP contribution in [0, 0.1) is 6.92 Å². The predicted molar refractivity (Wildman–Crippen MR) is 93.1 cm³/mol. The van der Waals surface area contributed by atoms with Gasteiger partial charge in [-0.1, -0.05) is 0 Å². The number of H-pyrrole nitrogens is 1. The summed E-state index contributed by atoms with van der Waals surface area (Å²) in [6.45, 7) is 3.96. The van der Waals surface area contributed by atoms with Gasteiger partial charge in [0.25, 0.3) is 5.91 Å². The highest BCUT2D eigenvalue weighted by molar-refractivity contribution is 6.04. The lowest BCUT2D eigenvalue weighted by Gasteiger charge is -2.39. The lowest BCUT2D eigenvalue weighted by molar-refractivity contribution is 0.0530. The summed E-state index contributed by atoms with van der Waals surface area (Å²) in [6.07, 6.45) is 5.37. The number of aromatic nitrogens is 5. The summed E-state index contributed by atoms with van der Waals surface area (Å²) in [7, 11) is 4.06. The van der Waals surface area contributed by atoms with Crippen LogP contribution in [0.25, 0.3) is 11.2 Å². The Hall–Kier alpha value is -2.74. The summed E-state index contributed by atoms with van der Waals surface area (Å²) < 4.78 is 2.01. The van der Waals surface area contributed by atoms with E-state index in [1.807, 2.05) is 29.6 Å². The fraction of sp³-hybridized carbons (Fsp3) is 0.412. The third kappa shape index (κ3) is 2.68. The minimum absolute atomic E-state index is 0.00311. The van der Waals surface area contributed by atoms with Gasteiger partial charge in [0, 0.05) is 45.3 Å². The quantitative estimate of drug-likeness (QED) is 0.757. The van der Waals surface area contributed by atoms with Gasteiger partial charge in [0.1, 0.15) is 11.6 Å². The number of carbonyl (C=O) groups is 1. The fourth-order valence-electron chi connectivity index (χ4n) is 3.41. The Bertz CT molecular complexity index is 928. The average molecular weight is 339 g/mol. The van der Waals surface area contributed by atoms with Gasteiger partial charge in [0.15, 0.2) is 5.65 Å². The van der Waals surface area contributed by atoms with Crippen molar-refractivity contribution < 1.29 is 4.79 Å². The van der Waals surface area contributed by atoms with Crippen LogP contribution >= 0.6 is 0 Å². The van der Waals surface area contributed by atoms with Crippen molar-refractivity contribution in [1.29, 1.82) is 0 Å². The molecule has 0 bridgehead atoms. The highest BCUT2D eigenvalue weighted by atomic mass is 16.2. The molecule has 1 saturated heterocycles. The topological polar surface area (TPSA) is 82.9 Å². The predicted octanol–water partition coefficient (Wildman–Crippen LogP) is 1.13. The van der Waals surface area contributed by atoms with Gasteiger partial charge < -0.3 is 14.5 Å². The average Bonchev–Trinajstić information content (AvgIpc) is 3.19. The number of likely N-dealkylation sites (N-methyl/N-ethyl adjacent to an activating group) is 1. The third-order valence-electron chi connectivity index (χ3n) is 4.83. The summed E-state index contributed by atoms with van der Waals surface area (Å²) in [5, 5.41) is 0. The number of aryl methyl sites for hydroxylation is 2. The molecule has 8 nitrogen and oxygen atoms in total. The van der Waals surface area contributed by atoms with Crippen LogP contribution in [-0.4, -0.2) is 66.9 Å². The molecule has 8 heteroatoms. The molecule has 4 heterocycles. The van der Waals surface area contributed by atoms with Crippen LogP contribution in [0.5, 0.6) is 0 Å². The molecule has 130 valence electrons. The summed E-state index contributed by atoms with van der Waals surface area (Å²) in [4.78, 5) is 33.5. The molecule has 1 atom stereocenters. The Morgan fingerprint density at radius 1 is 1.24 bits per heavy atom. The summed E-state index contributed by atoms with van der Waals surface area (Å²) in [5.74, 6) is 1.73. The first-order chi connectivity index (χ1) is 12.0. The van der Waals surface area contributed by atoms with Gasteiger partial charge in [-0.3, -0.25) is 9.69 Å². The van der Waals surface area contributed by atoms with E-state index in [2.05, 4.69) is 31.9 Å². The van der Waals surface area contributed by atoms with Gasteiger partial charge in [-0.2, -0.15) is 0 Å². The molecule has 0 spiro atoms. The minimum atomic E-state index is 0.00311. The van der Waals surface area contributed by atoms with Crippen LogP contribution in [0.2, 0.25) is 0 Å². The summed E-state index contributed by atoms with van der Waals surface area (Å²) >= 11 is 0. The highest BCUT2D eigenvalue weighted by Crippen LogP contribution is 2.24. The van der Waals surface area contributed by atoms with E-state index in [0.29, 0.717) is 29.8 Å². The second-order valence-electron chi connectivity index (χ2n) is 6.52. The molecule has 3 aromatic heterocycles. The zero-order valence-electron chi connectivity index (χ0n) is 14.6. The Morgan fingerprint density at radius 2 is 2.08 bits per heavy atom. The van der Waals surface area contributed by atoms with Crippen LogP contribution < -0.4 is 0 Å². The molecule has 25 heavy (non-hydrogen) atoms. The second kappa shape index (κ2) is 5.96. The Balaban J connectivity index is 1.65. The first-order valence-corrected chi connectivity index (χ1v) is 8.32. The maximum Gasteiger partial charge on any atom is 0.256 e. The maximum atomic E-state index is 13.1. The maximum absolute atomic E-state index is 13.1. The van der Waals surface area contributed by atoms with E-state index in [-0.39, 0.29) is 11.9 Å². The number of fused-ring (bicyclic) bond motifs is 1. The smallest absolute Gasteiger partial charge is 0.256 e. The number of imidazole rings is 2. The van der Waals surface area contributed by atoms with E-state index in [1.165, 1.54) is 0 Å². The van der Waals surface area contributed by atoms with Crippen molar-refractivity contribution in [3.05, 3.63) is 41.9 Å². The molecule has 1 unspecified atom stereocenters. The molecule has 1 N–H and O–H groups in total. The van der Waals surface area contributed by atoms with E-state index in [4.69, 9.17) is 0 Å². The van der Waals surface area contributed by atoms with Crippen molar-refractivity contribution in [3.63, 3.8) is 0 Å². The number of carbonyl (C=O) groups excluding carboxylic acids is 1. The van der Waals surface area contributed by atoms with Gasteiger partial charge in [-0.25, -0.2) is 15.0 Å². The molecule has 1 amide bonds. The number of rotatable bonds is 2. The minimum Gasteiger partial charge on any atom is -0.340 e. The lowest BCUT2D eigenvalue weighted by Crippen LogP contribution is -2.49. The van der Waals surface area contributed by atoms with E-state index in [0.717, 1.165) is 18.2 Å². The molecule has 0 saturated carbocycles. The van der Waals surface area contributed by atoms with Gasteiger partial charge in [0.2, 0.25) is 0 Å². The monoisotopic (exact) mass is 339 g/mol. The normalized spacial score (nSPS) is 18.8. The fourth-order valence-corrected chi connectivity index (χ4v) is 3.41. The van der Waals surface area contributed by atoms with Crippen molar-refractivity contribution in [1.82, 2.24) is 34.3 Å². The molecule has 0 radical (unpaired) electrons. The van der Waals surface area contributed by atoms with Crippen molar-refractivity contribution in [3.8, 4) is 0 Å². The van der Waals surface area contributed by atoms with E-state index in [1.54, 1.807) is 18.5 Å². The van der Waals surface area contributed by atoms with Gasteiger partial charge in [-0.05, 0) is 20.0 Å². The number of pyridine rings is 1. The zero-order chi connectivity index (χ0) is 17.6. The van der Waals surface area contributed by atoms with Crippen LogP contribution in [0.1, 0.15) is 28.0 Å². The SMILES string of the molecule is Cc1nc2nccc(C(=O)N3CCN(C)C(c4nccn4C)C3)c2[nH]1. The Labute approximate surface area is 145 Å². The molecule has 3 aromatic rings. The summed E-state index contributed by atoms with van der Waals surface area (Å²) in [6, 6.07) is 1.84. The van der Waals surface area contributed by atoms with Gasteiger partial charge in [-0.15, -0.1) is 0 Å². The van der Waals surface area contributed by atoms with Crippen LogP contribution in [0.3, 0.4) is 0 Å². The number of nitrogens with zero attached hydrogens (tertiary/aromatic N) is 6. The number of amides is 1. The largest absolute Gasteiger partial charge is 0.340 e. The van der Waals surface area contributed by atoms with E-state index < -0.39 is 0 Å². The van der Waals surface area contributed by atoms with E-state index >= 15 is 0 Å². The standard InChI is InChI=1S/C17H21N7O/c1-11-20-14-12(4-5-18-15(14)21-11)17(25)24-9-8-22(2)13(10-24)16-19-6-7-23(16)3/h4-7,13H,8-10H2,1-3H3,(H,18,20,21). The zero-order valence-corrected chi connectivity index (χ0v) is 14.6. The van der Waals surface area contributed by atoms with Crippen molar-refractivity contribution in [2.75, 3.05) is 26.7 Å². The van der Waals surface area contributed by atoms with Crippen LogP contribution in [0.15, 0.2) is 24.7 Å². The first-order valence-electron chi connectivity index (χ1n) is 8.32. The molecule has 1 fully saturated rings. The Kier molecular flexibility index (Phi) is 3.76. The van der Waals surface area contributed by atoms with Crippen molar-refractivity contribution >= 4 is 17.1 Å². The number of nitrogens with one attached hydrogen (secondary N) is 1. The summed E-state index contributed by atoms with van der Waals surface area (Å²) in [5.41, 5.74) is 1.91. The van der Waals surface area contributed by atoms with Crippen LogP contribution in [0.4, 0.5) is 0 Å². The third-order valence-corrected chi connectivity index (χ3v) is 4.83. The van der Waals surface area contributed by atoms with Gasteiger partial charge in [0.05, 0.1) is 17.1 Å². The molecule has 0 aromatic carbocycles. The van der Waals surface area contributed by atoms with Crippen LogP contribution in [-0.2, 0) is 7.05 Å². The number of piperazine rings is 1. The highest BCUT2D eigenvalue weighted by Gasteiger charge is 2.31. The molecular weight excluding hydrogens is 318 g/mol. The molecule has 4 rings (SSSR count). The number of hydrogen-bond acceptors (Lipinski definition) is 5. The van der Waals surface area contributed by atoms with E-state index in [9.17, 15) is 4.79 Å². The lowest BCUT2D eigenvalue weighted by atomic mass is 10.1. The molecular formula is C17H21N7O. The molecule has 1 aliphatic heterocycles. The molecule has 1 aliphatic rings. The Morgan fingerprint density at radius 3 is 2.84 bits per heavy atom. The van der Waals surface area contributed by atoms with Gasteiger partial charge >= 0.3 is 0 Å². The second-order valence-corrected chi connectivity index (χ2v) is 6.52. The molecule has 0 aliphatic carbocycles. The number of aromatic amines is 1. The number of hydrogen-bond donors (Lipinski definition) is 1.